The van der Waals surface area contributed by atoms with E-state index in [1.165, 1.54) is 25.1 Å². The van der Waals surface area contributed by atoms with Crippen LogP contribution >= 0.6 is 0 Å². The molecule has 0 atom stereocenters. The van der Waals surface area contributed by atoms with E-state index in [4.69, 9.17) is 4.74 Å². The van der Waals surface area contributed by atoms with Crippen molar-refractivity contribution < 1.29 is 40.2 Å². The summed E-state index contributed by atoms with van der Waals surface area (Å²) in [5.41, 5.74) is -5.75. The predicted octanol–water partition coefficient (Wildman–Crippen LogP) is 3.95. The summed E-state index contributed by atoms with van der Waals surface area (Å²) in [6.07, 6.45) is 1.24. The molecule has 1 heterocycles. The summed E-state index contributed by atoms with van der Waals surface area (Å²) in [4.78, 5) is 25.2. The van der Waals surface area contributed by atoms with E-state index in [0.717, 1.165) is 0 Å². The Kier molecular flexibility index (Phi) is 5.44. The number of allylic oxidation sites excluding steroid dienone is 1. The van der Waals surface area contributed by atoms with E-state index >= 15 is 0 Å². The van der Waals surface area contributed by atoms with Crippen LogP contribution in [0.1, 0.15) is 28.4 Å². The number of hydroxylamine groups is 2. The van der Waals surface area contributed by atoms with E-state index in [2.05, 4.69) is 4.28 Å². The Morgan fingerprint density at radius 2 is 1.63 bits per heavy atom. The number of nitrogens with zero attached hydrogens (tertiary/aromatic N) is 1. The van der Waals surface area contributed by atoms with Gasteiger partial charge in [-0.2, -0.15) is 21.6 Å². The molecule has 1 aliphatic heterocycles. The third-order valence-corrected chi connectivity index (χ3v) is 5.14. The van der Waals surface area contributed by atoms with Crippen LogP contribution in [0.3, 0.4) is 0 Å². The van der Waals surface area contributed by atoms with Crippen molar-refractivity contribution in [1.82, 2.24) is 5.06 Å². The van der Waals surface area contributed by atoms with Gasteiger partial charge in [0.2, 0.25) is 0 Å². The summed E-state index contributed by atoms with van der Waals surface area (Å²) < 4.78 is 70.1. The molecule has 2 aromatic carbocycles. The number of carbonyl (C=O) groups is 2. The summed E-state index contributed by atoms with van der Waals surface area (Å²) in [6, 6.07) is 11.2. The molecule has 3 rings (SSSR count). The zero-order chi connectivity index (χ0) is 22.3. The van der Waals surface area contributed by atoms with Crippen molar-refractivity contribution in [2.75, 3.05) is 0 Å². The number of benzene rings is 2. The van der Waals surface area contributed by atoms with Gasteiger partial charge in [0.1, 0.15) is 11.5 Å². The van der Waals surface area contributed by atoms with Crippen molar-refractivity contribution >= 4 is 27.5 Å². The second kappa shape index (κ2) is 7.58. The summed E-state index contributed by atoms with van der Waals surface area (Å²) in [6.45, 7) is 2.97. The maximum absolute atomic E-state index is 12.6. The maximum atomic E-state index is 12.6. The number of alkyl halides is 3. The van der Waals surface area contributed by atoms with Crippen LogP contribution in [0, 0.1) is 6.92 Å². The van der Waals surface area contributed by atoms with E-state index in [9.17, 15) is 31.2 Å². The highest BCUT2D eigenvalue weighted by molar-refractivity contribution is 7.87. The molecule has 0 saturated carbocycles. The van der Waals surface area contributed by atoms with Crippen molar-refractivity contribution in [1.29, 1.82) is 0 Å². The molecule has 7 nitrogen and oxygen atoms in total. The van der Waals surface area contributed by atoms with Gasteiger partial charge in [0, 0.05) is 16.7 Å². The molecule has 0 aromatic heterocycles. The Bertz CT molecular complexity index is 1160. The summed E-state index contributed by atoms with van der Waals surface area (Å²) in [5.74, 6) is -1.90. The number of rotatable bonds is 4. The topological polar surface area (TPSA) is 90.0 Å². The first kappa shape index (κ1) is 21.5. The number of fused-ring (bicyclic) bond motifs is 1. The monoisotopic (exact) mass is 441 g/mol. The van der Waals surface area contributed by atoms with Crippen molar-refractivity contribution in [2.24, 2.45) is 0 Å². The average Bonchev–Trinajstić information content (AvgIpc) is 2.68. The number of carbonyl (C=O) groups excluding carboxylic acids is 2. The molecule has 1 aliphatic rings. The number of hydrogen-bond donors (Lipinski definition) is 0. The van der Waals surface area contributed by atoms with Crippen molar-refractivity contribution in [3.8, 4) is 11.5 Å². The standard InChI is InChI=1S/C19H14F3NO6S/c1-3-13-16-11(2)15(28-12-7-5-4-6-8-12)10-9-14(16)18(25)23(17(13)24)29-30(26,27)19(20,21)22/h3-10H,1-2H3/b13-3+. The number of hydrogen-bond acceptors (Lipinski definition) is 6. The van der Waals surface area contributed by atoms with Gasteiger partial charge in [-0.1, -0.05) is 24.3 Å². The molecule has 0 saturated heterocycles. The molecule has 0 N–H and O–H groups in total. The molecule has 30 heavy (non-hydrogen) atoms. The van der Waals surface area contributed by atoms with Gasteiger partial charge < -0.3 is 4.74 Å². The molecule has 158 valence electrons. The first-order chi connectivity index (χ1) is 14.0. The lowest BCUT2D eigenvalue weighted by molar-refractivity contribution is -0.144. The lowest BCUT2D eigenvalue weighted by atomic mass is 9.90. The largest absolute Gasteiger partial charge is 0.525 e. The van der Waals surface area contributed by atoms with Crippen LogP contribution in [-0.2, 0) is 19.2 Å². The quantitative estimate of drug-likeness (QED) is 0.405. The van der Waals surface area contributed by atoms with Gasteiger partial charge in [0.15, 0.2) is 0 Å². The van der Waals surface area contributed by atoms with E-state index in [0.29, 0.717) is 17.1 Å². The Labute approximate surface area is 169 Å². The van der Waals surface area contributed by atoms with Crippen LogP contribution in [0.2, 0.25) is 0 Å². The third-order valence-electron chi connectivity index (χ3n) is 4.23. The van der Waals surface area contributed by atoms with Gasteiger partial charge in [0.05, 0.1) is 5.56 Å². The van der Waals surface area contributed by atoms with E-state index in [1.54, 1.807) is 37.3 Å². The Morgan fingerprint density at radius 1 is 1.00 bits per heavy atom. The van der Waals surface area contributed by atoms with Gasteiger partial charge in [-0.05, 0) is 38.1 Å². The highest BCUT2D eigenvalue weighted by atomic mass is 32.2. The molecule has 0 unspecified atom stereocenters. The van der Waals surface area contributed by atoms with Crippen LogP contribution in [0.25, 0.3) is 5.57 Å². The molecule has 0 aliphatic carbocycles. The van der Waals surface area contributed by atoms with Crippen LogP contribution in [0.15, 0.2) is 48.5 Å². The Morgan fingerprint density at radius 3 is 2.20 bits per heavy atom. The molecule has 0 fully saturated rings. The van der Waals surface area contributed by atoms with Crippen LogP contribution in [-0.4, -0.2) is 30.8 Å². The van der Waals surface area contributed by atoms with Gasteiger partial charge in [-0.15, -0.1) is 9.35 Å². The van der Waals surface area contributed by atoms with Crippen LogP contribution in [0.4, 0.5) is 13.2 Å². The van der Waals surface area contributed by atoms with Crippen molar-refractivity contribution in [3.63, 3.8) is 0 Å². The molecule has 0 bridgehead atoms. The number of imide groups is 1. The maximum Gasteiger partial charge on any atom is 0.525 e. The highest BCUT2D eigenvalue weighted by Crippen LogP contribution is 2.38. The normalized spacial score (nSPS) is 16.0. The predicted molar refractivity (Wildman–Crippen MR) is 98.6 cm³/mol. The molecule has 0 radical (unpaired) electrons. The van der Waals surface area contributed by atoms with Gasteiger partial charge in [-0.3, -0.25) is 9.59 Å². The molecular formula is C19H14F3NO6S. The Hall–Kier alpha value is -3.18. The fourth-order valence-corrected chi connectivity index (χ4v) is 3.25. The van der Waals surface area contributed by atoms with Crippen LogP contribution in [0.5, 0.6) is 11.5 Å². The average molecular weight is 441 g/mol. The number of amides is 2. The SMILES string of the molecule is C/C=C1/C(=O)N(OS(=O)(=O)C(F)(F)F)C(=O)c2ccc(Oc3ccccc3)c(C)c21. The zero-order valence-corrected chi connectivity index (χ0v) is 16.4. The second-order valence-corrected chi connectivity index (χ2v) is 7.63. The number of para-hydroxylation sites is 1. The fraction of sp³-hybridized carbons (Fsp3) is 0.158. The lowest BCUT2D eigenvalue weighted by Gasteiger charge is -2.28. The molecule has 2 aromatic rings. The Balaban J connectivity index is 2.07. The minimum atomic E-state index is -6.22. The summed E-state index contributed by atoms with van der Waals surface area (Å²) in [5, 5.41) is -0.405. The van der Waals surface area contributed by atoms with E-state index in [-0.39, 0.29) is 16.7 Å². The molecule has 0 spiro atoms. The smallest absolute Gasteiger partial charge is 0.457 e. The van der Waals surface area contributed by atoms with Crippen molar-refractivity contribution in [3.05, 3.63) is 65.2 Å². The fourth-order valence-electron chi connectivity index (χ4n) is 2.84. The lowest BCUT2D eigenvalue weighted by Crippen LogP contribution is -2.45. The second-order valence-electron chi connectivity index (χ2n) is 6.11. The van der Waals surface area contributed by atoms with Crippen LogP contribution < -0.4 is 4.74 Å². The van der Waals surface area contributed by atoms with Gasteiger partial charge in [-0.25, -0.2) is 0 Å². The van der Waals surface area contributed by atoms with Gasteiger partial charge in [0.25, 0.3) is 11.8 Å². The zero-order valence-electron chi connectivity index (χ0n) is 15.6. The minimum Gasteiger partial charge on any atom is -0.457 e. The summed E-state index contributed by atoms with van der Waals surface area (Å²) in [7, 11) is -6.22. The molecular weight excluding hydrogens is 427 g/mol. The van der Waals surface area contributed by atoms with E-state index < -0.39 is 32.5 Å². The number of halogens is 3. The van der Waals surface area contributed by atoms with Gasteiger partial charge >= 0.3 is 15.6 Å². The minimum absolute atomic E-state index is 0.116. The number of ether oxygens (including phenoxy) is 1. The first-order valence-electron chi connectivity index (χ1n) is 8.40. The highest BCUT2D eigenvalue weighted by Gasteiger charge is 2.52. The van der Waals surface area contributed by atoms with Crippen molar-refractivity contribution in [2.45, 2.75) is 19.4 Å². The first-order valence-corrected chi connectivity index (χ1v) is 9.81. The molecule has 2 amide bonds. The van der Waals surface area contributed by atoms with E-state index in [1.807, 2.05) is 0 Å². The third kappa shape index (κ3) is 3.68. The summed E-state index contributed by atoms with van der Waals surface area (Å²) >= 11 is 0. The molecule has 11 heteroatoms.